The van der Waals surface area contributed by atoms with Crippen molar-refractivity contribution in [1.29, 1.82) is 0 Å². The molecule has 4 nitrogen and oxygen atoms in total. The second-order valence-corrected chi connectivity index (χ2v) is 11.3. The number of hydrazone groups is 1. The van der Waals surface area contributed by atoms with Crippen LogP contribution in [0.15, 0.2) is 47.6 Å². The van der Waals surface area contributed by atoms with E-state index >= 15 is 0 Å². The maximum absolute atomic E-state index is 13.6. The average Bonchev–Trinajstić information content (AvgIpc) is 3.18. The van der Waals surface area contributed by atoms with Crippen LogP contribution in [0.25, 0.3) is 0 Å². The lowest BCUT2D eigenvalue weighted by Crippen LogP contribution is -2.60. The molecule has 0 saturated heterocycles. The lowest BCUT2D eigenvalue weighted by atomic mass is 9.53. The number of rotatable bonds is 4. The summed E-state index contributed by atoms with van der Waals surface area (Å²) >= 11 is 12.6. The fourth-order valence-electron chi connectivity index (χ4n) is 7.06. The van der Waals surface area contributed by atoms with Crippen LogP contribution >= 0.6 is 23.2 Å². The second-order valence-electron chi connectivity index (χ2n) is 10.4. The number of carbonyl (C=O) groups is 1. The molecule has 1 unspecified atom stereocenters. The van der Waals surface area contributed by atoms with Gasteiger partial charge in [-0.3, -0.25) is 9.80 Å². The molecule has 4 bridgehead atoms. The highest BCUT2D eigenvalue weighted by atomic mass is 35.5. The van der Waals surface area contributed by atoms with Crippen molar-refractivity contribution in [2.75, 3.05) is 5.01 Å². The van der Waals surface area contributed by atoms with Crippen molar-refractivity contribution in [1.82, 2.24) is 5.32 Å². The Morgan fingerprint density at radius 2 is 1.64 bits per heavy atom. The Bertz CT molecular complexity index is 1100. The summed E-state index contributed by atoms with van der Waals surface area (Å²) in [5.41, 5.74) is 1.97. The maximum atomic E-state index is 13.6. The first kappa shape index (κ1) is 21.4. The van der Waals surface area contributed by atoms with Gasteiger partial charge in [0.05, 0.1) is 16.8 Å². The molecule has 4 saturated carbocycles. The number of nitrogens with one attached hydrogen (secondary N) is 1. The molecule has 0 aromatic heterocycles. The summed E-state index contributed by atoms with van der Waals surface area (Å²) in [6.45, 7) is 0. The molecule has 2 aromatic carbocycles. The lowest BCUT2D eigenvalue weighted by Gasteiger charge is -2.56. The predicted octanol–water partition coefficient (Wildman–Crippen LogP) is 6.52. The minimum Gasteiger partial charge on any atom is -0.345 e. The highest BCUT2D eigenvalue weighted by Gasteiger charge is 2.52. The molecule has 1 amide bonds. The van der Waals surface area contributed by atoms with E-state index in [2.05, 4.69) is 5.32 Å². The lowest BCUT2D eigenvalue weighted by molar-refractivity contribution is -0.120. The summed E-state index contributed by atoms with van der Waals surface area (Å²) in [6, 6.07) is 11.3. The summed E-state index contributed by atoms with van der Waals surface area (Å²) in [7, 11) is 0. The first-order valence-corrected chi connectivity index (χ1v) is 12.5. The van der Waals surface area contributed by atoms with Crippen LogP contribution in [0.1, 0.15) is 56.6 Å². The second kappa shape index (κ2) is 7.99. The maximum Gasteiger partial charge on any atom is 0.268 e. The van der Waals surface area contributed by atoms with E-state index in [1.807, 2.05) is 6.07 Å². The van der Waals surface area contributed by atoms with Gasteiger partial charge in [-0.15, -0.1) is 0 Å². The normalized spacial score (nSPS) is 32.2. The average molecular weight is 486 g/mol. The van der Waals surface area contributed by atoms with Crippen LogP contribution in [0.2, 0.25) is 10.0 Å². The first-order chi connectivity index (χ1) is 15.9. The van der Waals surface area contributed by atoms with Gasteiger partial charge >= 0.3 is 0 Å². The Labute approximate surface area is 203 Å². The number of hydrogen-bond donors (Lipinski definition) is 1. The third-order valence-corrected chi connectivity index (χ3v) is 8.54. The fraction of sp³-hybridized carbons (Fsp3) is 0.462. The molecule has 1 aliphatic heterocycles. The SMILES string of the molecule is O=C(NC12CC3CC(CC(C3)C1)C2)C1=NN(c2ccc(Cl)cc2Cl)C(c2ccc(F)cc2)C1. The van der Waals surface area contributed by atoms with Crippen LogP contribution in [0.4, 0.5) is 10.1 Å². The summed E-state index contributed by atoms with van der Waals surface area (Å²) in [6.07, 6.45) is 7.68. The Kier molecular flexibility index (Phi) is 5.19. The Hall–Kier alpha value is -2.11. The molecular formula is C26H26Cl2FN3O. The molecule has 172 valence electrons. The third-order valence-electron chi connectivity index (χ3n) is 8.00. The number of amides is 1. The number of anilines is 1. The highest BCUT2D eigenvalue weighted by molar-refractivity contribution is 6.40. The van der Waals surface area contributed by atoms with Crippen molar-refractivity contribution in [2.45, 2.75) is 56.5 Å². The molecule has 2 aromatic rings. The quantitative estimate of drug-likeness (QED) is 0.535. The monoisotopic (exact) mass is 485 g/mol. The van der Waals surface area contributed by atoms with Gasteiger partial charge in [0, 0.05) is 17.0 Å². The third kappa shape index (κ3) is 3.93. The summed E-state index contributed by atoms with van der Waals surface area (Å²) in [4.78, 5) is 13.5. The first-order valence-electron chi connectivity index (χ1n) is 11.8. The largest absolute Gasteiger partial charge is 0.345 e. The zero-order valence-corrected chi connectivity index (χ0v) is 19.7. The number of benzene rings is 2. The van der Waals surface area contributed by atoms with Crippen molar-refractivity contribution in [3.05, 3.63) is 63.9 Å². The smallest absolute Gasteiger partial charge is 0.268 e. The number of nitrogens with zero attached hydrogens (tertiary/aromatic N) is 2. The van der Waals surface area contributed by atoms with Gasteiger partial charge in [-0.25, -0.2) is 4.39 Å². The van der Waals surface area contributed by atoms with Gasteiger partial charge in [-0.2, -0.15) is 5.10 Å². The molecule has 4 aliphatic carbocycles. The van der Waals surface area contributed by atoms with Crippen LogP contribution in [0, 0.1) is 23.6 Å². The van der Waals surface area contributed by atoms with E-state index in [9.17, 15) is 9.18 Å². The number of hydrogen-bond acceptors (Lipinski definition) is 3. The predicted molar refractivity (Wildman–Crippen MR) is 129 cm³/mol. The zero-order chi connectivity index (χ0) is 22.7. The van der Waals surface area contributed by atoms with E-state index in [-0.39, 0.29) is 23.3 Å². The van der Waals surface area contributed by atoms with Gasteiger partial charge in [-0.05, 0) is 92.2 Å². The van der Waals surface area contributed by atoms with E-state index < -0.39 is 0 Å². The topological polar surface area (TPSA) is 44.7 Å². The van der Waals surface area contributed by atoms with Crippen molar-refractivity contribution in [2.24, 2.45) is 22.9 Å². The molecule has 1 heterocycles. The summed E-state index contributed by atoms with van der Waals surface area (Å²) in [5.74, 6) is 1.86. The Morgan fingerprint density at radius 3 is 2.24 bits per heavy atom. The molecule has 0 spiro atoms. The summed E-state index contributed by atoms with van der Waals surface area (Å²) in [5, 5.41) is 10.9. The van der Waals surface area contributed by atoms with Crippen molar-refractivity contribution in [3.63, 3.8) is 0 Å². The van der Waals surface area contributed by atoms with Crippen molar-refractivity contribution >= 4 is 40.5 Å². The molecule has 7 heteroatoms. The molecule has 4 fully saturated rings. The van der Waals surface area contributed by atoms with Gasteiger partial charge in [0.2, 0.25) is 0 Å². The minimum absolute atomic E-state index is 0.0783. The van der Waals surface area contributed by atoms with Crippen LogP contribution < -0.4 is 10.3 Å². The number of carbonyl (C=O) groups excluding carboxylic acids is 1. The molecule has 7 rings (SSSR count). The van der Waals surface area contributed by atoms with E-state index in [0.29, 0.717) is 27.9 Å². The zero-order valence-electron chi connectivity index (χ0n) is 18.2. The van der Waals surface area contributed by atoms with Crippen molar-refractivity contribution in [3.8, 4) is 0 Å². The standard InChI is InChI=1S/C26H26Cl2FN3O/c27-19-3-6-23(21(28)10-19)32-24(18-1-4-20(29)5-2-18)11-22(31-32)25(33)30-26-12-15-7-16(13-26)9-17(8-15)14-26/h1-6,10,15-17,24H,7-9,11-14H2,(H,30,33). The Morgan fingerprint density at radius 1 is 1.00 bits per heavy atom. The van der Waals surface area contributed by atoms with Gasteiger partial charge in [-0.1, -0.05) is 35.3 Å². The van der Waals surface area contributed by atoms with Gasteiger partial charge in [0.1, 0.15) is 11.5 Å². The van der Waals surface area contributed by atoms with Crippen LogP contribution in [-0.4, -0.2) is 17.2 Å². The van der Waals surface area contributed by atoms with Gasteiger partial charge in [0.15, 0.2) is 0 Å². The van der Waals surface area contributed by atoms with Crippen LogP contribution in [0.5, 0.6) is 0 Å². The van der Waals surface area contributed by atoms with E-state index in [1.165, 1.54) is 31.4 Å². The van der Waals surface area contributed by atoms with E-state index in [1.54, 1.807) is 29.3 Å². The fourth-order valence-corrected chi connectivity index (χ4v) is 7.55. The Balaban J connectivity index is 1.30. The molecule has 33 heavy (non-hydrogen) atoms. The van der Waals surface area contributed by atoms with Gasteiger partial charge in [0.25, 0.3) is 5.91 Å². The molecule has 5 aliphatic rings. The molecule has 1 N–H and O–H groups in total. The summed E-state index contributed by atoms with van der Waals surface area (Å²) < 4.78 is 13.6. The molecular weight excluding hydrogens is 460 g/mol. The van der Waals surface area contributed by atoms with E-state index in [0.717, 1.165) is 42.6 Å². The minimum atomic E-state index is -0.298. The molecule has 0 radical (unpaired) electrons. The highest BCUT2D eigenvalue weighted by Crippen LogP contribution is 2.55. The van der Waals surface area contributed by atoms with E-state index in [4.69, 9.17) is 28.3 Å². The van der Waals surface area contributed by atoms with Crippen LogP contribution in [0.3, 0.4) is 0 Å². The number of halogens is 3. The van der Waals surface area contributed by atoms with Gasteiger partial charge < -0.3 is 5.32 Å². The van der Waals surface area contributed by atoms with Crippen LogP contribution in [-0.2, 0) is 4.79 Å². The molecule has 1 atom stereocenters. The van der Waals surface area contributed by atoms with Crippen molar-refractivity contribution < 1.29 is 9.18 Å².